The van der Waals surface area contributed by atoms with Gasteiger partial charge in [0.2, 0.25) is 17.7 Å². The number of β-amino-alcohol motifs (C(OH)–C–C–N with tert-alkyl or cyclic N) is 1. The summed E-state index contributed by atoms with van der Waals surface area (Å²) in [4.78, 5) is 55.3. The lowest BCUT2D eigenvalue weighted by atomic mass is 9.49. The summed E-state index contributed by atoms with van der Waals surface area (Å²) in [7, 11) is 0. The second kappa shape index (κ2) is 22.1. The van der Waals surface area contributed by atoms with Crippen molar-refractivity contribution in [2.24, 2.45) is 16.2 Å². The average molecular weight is 939 g/mol. The van der Waals surface area contributed by atoms with Crippen LogP contribution in [0.1, 0.15) is 108 Å². The third kappa shape index (κ3) is 12.8. The van der Waals surface area contributed by atoms with E-state index in [-0.39, 0.29) is 60.9 Å². The number of hydrogen-bond donors (Lipinski definition) is 6. The number of nitrogens with one attached hydrogen (secondary N) is 5. The zero-order valence-corrected chi connectivity index (χ0v) is 40.7. The molecule has 0 spiro atoms. The molecule has 3 aromatic rings. The van der Waals surface area contributed by atoms with E-state index in [1.165, 1.54) is 10.5 Å². The lowest BCUT2D eigenvalue weighted by molar-refractivity contribution is -0.164. The number of carbonyl (C=O) groups excluding carboxylic acids is 4. The van der Waals surface area contributed by atoms with Gasteiger partial charge in [-0.05, 0) is 90.7 Å². The van der Waals surface area contributed by atoms with Gasteiger partial charge in [0.1, 0.15) is 36.6 Å². The van der Waals surface area contributed by atoms with E-state index >= 15 is 0 Å². The second-order valence-corrected chi connectivity index (χ2v) is 20.7. The Balaban J connectivity index is 0.875. The van der Waals surface area contributed by atoms with Crippen LogP contribution in [0.15, 0.2) is 72.8 Å². The topological polar surface area (TPSA) is 194 Å². The first-order valence-corrected chi connectivity index (χ1v) is 23.8. The Hall–Kier alpha value is -5.46. The molecule has 3 atom stereocenters. The van der Waals surface area contributed by atoms with Crippen LogP contribution in [-0.2, 0) is 25.7 Å². The maximum absolute atomic E-state index is 14.0. The molecule has 1 saturated heterocycles. The summed E-state index contributed by atoms with van der Waals surface area (Å²) in [5.74, 6) is -0.778. The van der Waals surface area contributed by atoms with Gasteiger partial charge >= 0.3 is 0 Å². The summed E-state index contributed by atoms with van der Waals surface area (Å²) in [6.45, 7) is 16.8. The number of anilines is 1. The maximum Gasteiger partial charge on any atom is 0.251 e. The molecule has 6 rings (SSSR count). The molecule has 2 aliphatic heterocycles. The van der Waals surface area contributed by atoms with Crippen LogP contribution in [0.2, 0.25) is 5.02 Å². The number of nitriles is 1. The van der Waals surface area contributed by atoms with Gasteiger partial charge in [0.15, 0.2) is 0 Å². The summed E-state index contributed by atoms with van der Waals surface area (Å²) in [6, 6.07) is 20.6. The highest BCUT2D eigenvalue weighted by Gasteiger charge is 2.64. The molecule has 14 nitrogen and oxygen atoms in total. The van der Waals surface area contributed by atoms with Crippen molar-refractivity contribution in [1.82, 2.24) is 26.2 Å². The standard InChI is InChI=1S/C52H68ClN7O7/c1-50(2,3)44(47(65)60-31-39(61)27-42(60)46(64)57-30-33-11-13-34(14-12-33)35-21-24-55-25-22-35)58-43(62)32-66-26-10-8-9-23-56-38-18-15-36(16-19-38)45(63)59-48-51(4,5)49(52(48,6)7)67-40-20-17-37(29-54)41(53)28-40/h11-21,28,39,42,44,48-49,55-56,61H,8-10,22-27,30-32H2,1-7H3,(H,57,64)(H,58,62)(H,59,63)/t39-,42+,44-,48?,49?/m1/s1. The van der Waals surface area contributed by atoms with Crippen molar-refractivity contribution >= 4 is 46.5 Å². The van der Waals surface area contributed by atoms with Gasteiger partial charge in [-0.25, -0.2) is 0 Å². The number of ether oxygens (including phenoxy) is 2. The van der Waals surface area contributed by atoms with E-state index in [9.17, 15) is 29.5 Å². The average Bonchev–Trinajstić information content (AvgIpc) is 3.70. The van der Waals surface area contributed by atoms with Crippen LogP contribution >= 0.6 is 11.6 Å². The van der Waals surface area contributed by atoms with Crippen molar-refractivity contribution in [3.05, 3.63) is 100 Å². The van der Waals surface area contributed by atoms with Crippen LogP contribution in [0.4, 0.5) is 5.69 Å². The second-order valence-electron chi connectivity index (χ2n) is 20.3. The predicted octanol–water partition coefficient (Wildman–Crippen LogP) is 6.61. The fourth-order valence-electron chi connectivity index (χ4n) is 9.80. The number of rotatable bonds is 19. The van der Waals surface area contributed by atoms with Crippen LogP contribution in [0.3, 0.4) is 0 Å². The van der Waals surface area contributed by atoms with Crippen LogP contribution in [0.25, 0.3) is 5.57 Å². The first-order chi connectivity index (χ1) is 31.8. The number of unbranched alkanes of at least 4 members (excludes halogenated alkanes) is 2. The molecular weight excluding hydrogens is 870 g/mol. The molecule has 67 heavy (non-hydrogen) atoms. The predicted molar refractivity (Wildman–Crippen MR) is 260 cm³/mol. The molecular formula is C52H68ClN7O7. The minimum atomic E-state index is -0.937. The Morgan fingerprint density at radius 3 is 2.34 bits per heavy atom. The van der Waals surface area contributed by atoms with E-state index in [4.69, 9.17) is 21.1 Å². The molecule has 15 heteroatoms. The number of aliphatic hydroxyl groups excluding tert-OH is 1. The van der Waals surface area contributed by atoms with Gasteiger partial charge in [-0.1, -0.05) is 90.4 Å². The molecule has 0 unspecified atom stereocenters. The summed E-state index contributed by atoms with van der Waals surface area (Å²) >= 11 is 6.24. The fourth-order valence-corrected chi connectivity index (χ4v) is 10.0. The molecule has 3 aromatic carbocycles. The Labute approximate surface area is 400 Å². The molecule has 360 valence electrons. The van der Waals surface area contributed by atoms with Crippen molar-refractivity contribution in [2.45, 2.75) is 117 Å². The first-order valence-electron chi connectivity index (χ1n) is 23.4. The normalized spacial score (nSPS) is 21.2. The Bertz CT molecular complexity index is 2290. The molecule has 1 aliphatic carbocycles. The van der Waals surface area contributed by atoms with Crippen molar-refractivity contribution < 1.29 is 33.8 Å². The van der Waals surface area contributed by atoms with E-state index in [0.29, 0.717) is 35.1 Å². The van der Waals surface area contributed by atoms with Crippen LogP contribution in [-0.4, -0.2) is 103 Å². The van der Waals surface area contributed by atoms with E-state index in [0.717, 1.165) is 55.6 Å². The number of hydrogen-bond acceptors (Lipinski definition) is 10. The Morgan fingerprint density at radius 1 is 0.985 bits per heavy atom. The summed E-state index contributed by atoms with van der Waals surface area (Å²) in [6.07, 6.45) is 4.67. The van der Waals surface area contributed by atoms with Crippen molar-refractivity contribution in [3.8, 4) is 11.8 Å². The largest absolute Gasteiger partial charge is 0.489 e. The van der Waals surface area contributed by atoms with E-state index in [1.54, 1.807) is 30.3 Å². The lowest BCUT2D eigenvalue weighted by Crippen LogP contribution is -2.74. The molecule has 2 fully saturated rings. The Kier molecular flexibility index (Phi) is 16.8. The van der Waals surface area contributed by atoms with Gasteiger partial charge in [0, 0.05) is 73.4 Å². The van der Waals surface area contributed by atoms with Gasteiger partial charge in [-0.3, -0.25) is 19.2 Å². The van der Waals surface area contributed by atoms with E-state index < -0.39 is 35.4 Å². The highest BCUT2D eigenvalue weighted by molar-refractivity contribution is 6.31. The highest BCUT2D eigenvalue weighted by atomic mass is 35.5. The summed E-state index contributed by atoms with van der Waals surface area (Å²) < 4.78 is 12.0. The quantitative estimate of drug-likeness (QED) is 0.0713. The third-order valence-corrected chi connectivity index (χ3v) is 13.6. The lowest BCUT2D eigenvalue weighted by Gasteiger charge is -2.63. The van der Waals surface area contributed by atoms with Gasteiger partial charge < -0.3 is 46.1 Å². The number of likely N-dealkylation sites (tertiary alicyclic amines) is 1. The van der Waals surface area contributed by atoms with Crippen molar-refractivity contribution in [1.29, 1.82) is 5.26 Å². The number of aliphatic hydroxyl groups is 1. The van der Waals surface area contributed by atoms with E-state index in [2.05, 4.69) is 78.6 Å². The highest BCUT2D eigenvalue weighted by Crippen LogP contribution is 2.55. The van der Waals surface area contributed by atoms with E-state index in [1.807, 2.05) is 45.0 Å². The van der Waals surface area contributed by atoms with Gasteiger partial charge in [-0.2, -0.15) is 5.26 Å². The molecule has 0 aromatic heterocycles. The van der Waals surface area contributed by atoms with Crippen molar-refractivity contribution in [2.75, 3.05) is 44.7 Å². The smallest absolute Gasteiger partial charge is 0.251 e. The molecule has 2 heterocycles. The van der Waals surface area contributed by atoms with Gasteiger partial charge in [0.25, 0.3) is 5.91 Å². The van der Waals surface area contributed by atoms with Crippen LogP contribution < -0.4 is 31.3 Å². The summed E-state index contributed by atoms with van der Waals surface area (Å²) in [5, 5.41) is 35.9. The van der Waals surface area contributed by atoms with Crippen molar-refractivity contribution in [3.63, 3.8) is 0 Å². The minimum absolute atomic E-state index is 0.00178. The third-order valence-electron chi connectivity index (χ3n) is 13.2. The number of amides is 4. The van der Waals surface area contributed by atoms with Gasteiger partial charge in [0.05, 0.1) is 16.7 Å². The molecule has 0 bridgehead atoms. The number of benzene rings is 3. The minimum Gasteiger partial charge on any atom is -0.489 e. The monoisotopic (exact) mass is 937 g/mol. The zero-order chi connectivity index (χ0) is 48.5. The number of halogens is 1. The fraction of sp³-hybridized carbons (Fsp3) is 0.519. The molecule has 6 N–H and O–H groups in total. The van der Waals surface area contributed by atoms with Crippen LogP contribution in [0, 0.1) is 27.6 Å². The molecule has 0 radical (unpaired) electrons. The summed E-state index contributed by atoms with van der Waals surface area (Å²) in [5.41, 5.74) is 3.81. The molecule has 3 aliphatic rings. The van der Waals surface area contributed by atoms with Gasteiger partial charge in [-0.15, -0.1) is 0 Å². The number of nitrogens with zero attached hydrogens (tertiary/aromatic N) is 2. The van der Waals surface area contributed by atoms with Crippen LogP contribution in [0.5, 0.6) is 5.75 Å². The maximum atomic E-state index is 14.0. The molecule has 1 saturated carbocycles. The first kappa shape index (κ1) is 50.9. The Morgan fingerprint density at radius 2 is 1.70 bits per heavy atom. The molecule has 4 amide bonds. The zero-order valence-electron chi connectivity index (χ0n) is 40.0. The SMILES string of the molecule is CC1(C)C(NC(=O)c2ccc(NCCCCCOCC(=O)N[C@H](C(=O)N3C[C@H](O)C[C@H]3C(=O)NCc3ccc(C4=CCNCC4)cc3)C(C)(C)C)cc2)C(C)(C)C1Oc1ccc(C#N)c(Cl)c1. The number of carbonyl (C=O) groups is 4.